The van der Waals surface area contributed by atoms with Gasteiger partial charge < -0.3 is 14.5 Å². The molecule has 0 fully saturated rings. The lowest BCUT2D eigenvalue weighted by atomic mass is 10.2. The molecule has 1 aromatic carbocycles. The molecule has 1 aliphatic heterocycles. The first-order chi connectivity index (χ1) is 13.1. The summed E-state index contributed by atoms with van der Waals surface area (Å²) in [4.78, 5) is 21.0. The molecule has 5 nitrogen and oxygen atoms in total. The van der Waals surface area contributed by atoms with E-state index in [2.05, 4.69) is 28.3 Å². The predicted octanol–water partition coefficient (Wildman–Crippen LogP) is 3.82. The second-order valence-electron chi connectivity index (χ2n) is 6.68. The number of ether oxygens (including phenoxy) is 1. The lowest BCUT2D eigenvalue weighted by Gasteiger charge is -2.37. The van der Waals surface area contributed by atoms with E-state index in [9.17, 15) is 4.79 Å². The Morgan fingerprint density at radius 2 is 2.26 bits per heavy atom. The topological polar surface area (TPSA) is 45.7 Å². The molecule has 0 radical (unpaired) electrons. The number of carbonyl (C=O) groups is 1. The van der Waals surface area contributed by atoms with Crippen LogP contribution in [0.25, 0.3) is 0 Å². The fourth-order valence-electron chi connectivity index (χ4n) is 3.18. The highest BCUT2D eigenvalue weighted by Gasteiger charge is 2.26. The van der Waals surface area contributed by atoms with Gasteiger partial charge in [-0.3, -0.25) is 4.79 Å². The molecular weight excluding hydrogens is 378 g/mol. The molecule has 2 aromatic rings. The summed E-state index contributed by atoms with van der Waals surface area (Å²) in [5.74, 6) is 2.76. The van der Waals surface area contributed by atoms with Gasteiger partial charge in [-0.2, -0.15) is 11.8 Å². The van der Waals surface area contributed by atoms with Gasteiger partial charge in [0.1, 0.15) is 11.9 Å². The number of fused-ring (bicyclic) bond motifs is 1. The summed E-state index contributed by atoms with van der Waals surface area (Å²) in [6.07, 6.45) is 0.546. The van der Waals surface area contributed by atoms with Crippen molar-refractivity contribution in [2.45, 2.75) is 32.1 Å². The first-order valence-corrected chi connectivity index (χ1v) is 11.3. The van der Waals surface area contributed by atoms with Crippen LogP contribution in [0.2, 0.25) is 0 Å². The van der Waals surface area contributed by atoms with E-state index in [0.717, 1.165) is 46.7 Å². The summed E-state index contributed by atoms with van der Waals surface area (Å²) in [5, 5.41) is 3.19. The maximum Gasteiger partial charge on any atom is 0.223 e. The lowest BCUT2D eigenvalue weighted by molar-refractivity contribution is -0.130. The van der Waals surface area contributed by atoms with E-state index in [1.807, 2.05) is 32.2 Å². The van der Waals surface area contributed by atoms with Gasteiger partial charge in [-0.05, 0) is 26.0 Å². The number of anilines is 1. The normalized spacial score (nSPS) is 16.0. The smallest absolute Gasteiger partial charge is 0.223 e. The number of aryl methyl sites for hydroxylation is 1. The van der Waals surface area contributed by atoms with E-state index >= 15 is 0 Å². The summed E-state index contributed by atoms with van der Waals surface area (Å²) in [7, 11) is 1.87. The zero-order valence-corrected chi connectivity index (χ0v) is 17.8. The van der Waals surface area contributed by atoms with Gasteiger partial charge in [0.15, 0.2) is 0 Å². The minimum atomic E-state index is -0.000523. The van der Waals surface area contributed by atoms with Gasteiger partial charge in [-0.1, -0.05) is 12.1 Å². The van der Waals surface area contributed by atoms with Crippen molar-refractivity contribution in [3.05, 3.63) is 40.3 Å². The molecule has 2 heterocycles. The monoisotopic (exact) mass is 405 g/mol. The van der Waals surface area contributed by atoms with Crippen LogP contribution in [0.3, 0.4) is 0 Å². The molecule has 0 N–H and O–H groups in total. The average molecular weight is 406 g/mol. The van der Waals surface area contributed by atoms with Crippen LogP contribution in [-0.4, -0.2) is 54.3 Å². The Morgan fingerprint density at radius 3 is 3.00 bits per heavy atom. The van der Waals surface area contributed by atoms with Gasteiger partial charge in [0, 0.05) is 36.9 Å². The first-order valence-electron chi connectivity index (χ1n) is 9.30. The van der Waals surface area contributed by atoms with Crippen molar-refractivity contribution in [1.29, 1.82) is 0 Å². The predicted molar refractivity (Wildman–Crippen MR) is 114 cm³/mol. The molecule has 3 rings (SSSR count). The van der Waals surface area contributed by atoms with Crippen molar-refractivity contribution in [1.82, 2.24) is 9.88 Å². The van der Waals surface area contributed by atoms with E-state index in [-0.39, 0.29) is 12.0 Å². The SMILES string of the molecule is CCN1CC(CN(C)C(=O)CCSCc2csc(C)n2)Oc2ccccc21. The Morgan fingerprint density at radius 1 is 1.44 bits per heavy atom. The Bertz CT molecular complexity index is 765. The zero-order valence-electron chi connectivity index (χ0n) is 16.2. The van der Waals surface area contributed by atoms with Crippen LogP contribution in [0, 0.1) is 6.92 Å². The fourth-order valence-corrected chi connectivity index (χ4v) is 4.72. The van der Waals surface area contributed by atoms with E-state index in [0.29, 0.717) is 13.0 Å². The van der Waals surface area contributed by atoms with Gasteiger partial charge in [0.2, 0.25) is 5.91 Å². The Labute approximate surface area is 169 Å². The maximum atomic E-state index is 12.5. The minimum Gasteiger partial charge on any atom is -0.485 e. The van der Waals surface area contributed by atoms with Crippen LogP contribution in [0.1, 0.15) is 24.0 Å². The molecule has 0 saturated carbocycles. The number of thiazole rings is 1. The van der Waals surface area contributed by atoms with E-state index in [1.165, 1.54) is 0 Å². The molecular formula is C20H27N3O2S2. The number of nitrogens with zero attached hydrogens (tertiary/aromatic N) is 3. The summed E-state index contributed by atoms with van der Waals surface area (Å²) in [6.45, 7) is 6.52. The molecule has 146 valence electrons. The standard InChI is InChI=1S/C20H27N3O2S2/c1-4-23-12-17(25-19-8-6-5-7-18(19)23)11-22(3)20(24)9-10-26-13-16-14-27-15(2)21-16/h5-8,14,17H,4,9-13H2,1-3H3. The Balaban J connectivity index is 1.44. The fraction of sp³-hybridized carbons (Fsp3) is 0.500. The third kappa shape index (κ3) is 5.39. The summed E-state index contributed by atoms with van der Waals surface area (Å²) >= 11 is 3.44. The summed E-state index contributed by atoms with van der Waals surface area (Å²) in [6, 6.07) is 8.12. The highest BCUT2D eigenvalue weighted by atomic mass is 32.2. The highest BCUT2D eigenvalue weighted by molar-refractivity contribution is 7.98. The van der Waals surface area contributed by atoms with Crippen LogP contribution in [-0.2, 0) is 10.5 Å². The molecule has 0 spiro atoms. The molecule has 1 aromatic heterocycles. The van der Waals surface area contributed by atoms with Crippen LogP contribution in [0.4, 0.5) is 5.69 Å². The number of amides is 1. The number of rotatable bonds is 8. The number of para-hydroxylation sites is 2. The van der Waals surface area contributed by atoms with Crippen molar-refractivity contribution < 1.29 is 9.53 Å². The van der Waals surface area contributed by atoms with Gasteiger partial charge in [0.25, 0.3) is 0 Å². The molecule has 0 aliphatic carbocycles. The molecule has 1 amide bonds. The summed E-state index contributed by atoms with van der Waals surface area (Å²) in [5.41, 5.74) is 2.25. The number of benzene rings is 1. The molecule has 0 bridgehead atoms. The molecule has 1 unspecified atom stereocenters. The van der Waals surface area contributed by atoms with E-state index in [4.69, 9.17) is 4.74 Å². The third-order valence-electron chi connectivity index (χ3n) is 4.59. The number of thioether (sulfide) groups is 1. The molecule has 1 atom stereocenters. The Hall–Kier alpha value is -1.73. The lowest BCUT2D eigenvalue weighted by Crippen LogP contribution is -2.46. The van der Waals surface area contributed by atoms with E-state index < -0.39 is 0 Å². The van der Waals surface area contributed by atoms with Crippen LogP contribution < -0.4 is 9.64 Å². The van der Waals surface area contributed by atoms with Crippen molar-refractivity contribution in [2.75, 3.05) is 37.3 Å². The van der Waals surface area contributed by atoms with E-state index in [1.54, 1.807) is 28.0 Å². The summed E-state index contributed by atoms with van der Waals surface area (Å²) < 4.78 is 6.12. The number of hydrogen-bond donors (Lipinski definition) is 0. The number of carbonyl (C=O) groups excluding carboxylic acids is 1. The van der Waals surface area contributed by atoms with Crippen molar-refractivity contribution in [3.63, 3.8) is 0 Å². The molecule has 0 saturated heterocycles. The molecule has 27 heavy (non-hydrogen) atoms. The number of likely N-dealkylation sites (N-methyl/N-ethyl adjacent to an activating group) is 2. The molecule has 7 heteroatoms. The third-order valence-corrected chi connectivity index (χ3v) is 6.40. The van der Waals surface area contributed by atoms with Gasteiger partial charge in [0.05, 0.1) is 29.5 Å². The molecule has 1 aliphatic rings. The number of hydrogen-bond acceptors (Lipinski definition) is 6. The average Bonchev–Trinajstić information content (AvgIpc) is 3.09. The highest BCUT2D eigenvalue weighted by Crippen LogP contribution is 2.32. The zero-order chi connectivity index (χ0) is 19.2. The first kappa shape index (κ1) is 20.0. The second kappa shape index (κ2) is 9.46. The Kier molecular flexibility index (Phi) is 7.01. The van der Waals surface area contributed by atoms with Crippen molar-refractivity contribution in [3.8, 4) is 5.75 Å². The van der Waals surface area contributed by atoms with Crippen LogP contribution in [0.5, 0.6) is 5.75 Å². The largest absolute Gasteiger partial charge is 0.485 e. The van der Waals surface area contributed by atoms with Gasteiger partial charge in [-0.25, -0.2) is 4.98 Å². The van der Waals surface area contributed by atoms with Crippen LogP contribution in [0.15, 0.2) is 29.6 Å². The van der Waals surface area contributed by atoms with Crippen molar-refractivity contribution in [2.24, 2.45) is 0 Å². The maximum absolute atomic E-state index is 12.5. The quantitative estimate of drug-likeness (QED) is 0.625. The van der Waals surface area contributed by atoms with Gasteiger partial charge in [-0.15, -0.1) is 11.3 Å². The van der Waals surface area contributed by atoms with Gasteiger partial charge >= 0.3 is 0 Å². The second-order valence-corrected chi connectivity index (χ2v) is 8.85. The number of aromatic nitrogens is 1. The minimum absolute atomic E-state index is 0.000523. The van der Waals surface area contributed by atoms with Crippen LogP contribution >= 0.6 is 23.1 Å². The van der Waals surface area contributed by atoms with Crippen molar-refractivity contribution >= 4 is 34.7 Å².